The molecule has 29 heavy (non-hydrogen) atoms. The van der Waals surface area contributed by atoms with Crippen LogP contribution in [0.15, 0.2) is 41.8 Å². The van der Waals surface area contributed by atoms with Crippen molar-refractivity contribution in [3.63, 3.8) is 0 Å². The van der Waals surface area contributed by atoms with E-state index in [-0.39, 0.29) is 30.4 Å². The van der Waals surface area contributed by atoms with Crippen molar-refractivity contribution in [2.45, 2.75) is 38.3 Å². The number of thiazole rings is 1. The van der Waals surface area contributed by atoms with Crippen LogP contribution in [-0.2, 0) is 14.3 Å². The standard InChI is InChI=1S/C21H23N3O3S2/c1-14(25)22-17(18-9-5-11-28-18)12-20(26)24(13-15-6-4-10-27-15)21-23-16-7-2-3-8-19(16)29-21/h2-3,5,7-9,11,15,17H,4,6,10,12-13H2,1H3,(H,22,25)/t15-,17+/m0/s1. The fourth-order valence-corrected chi connectivity index (χ4v) is 5.27. The predicted molar refractivity (Wildman–Crippen MR) is 116 cm³/mol. The van der Waals surface area contributed by atoms with E-state index < -0.39 is 0 Å². The molecule has 0 aliphatic carbocycles. The number of nitrogens with one attached hydrogen (secondary N) is 1. The van der Waals surface area contributed by atoms with Gasteiger partial charge in [0.1, 0.15) is 0 Å². The summed E-state index contributed by atoms with van der Waals surface area (Å²) < 4.78 is 6.83. The summed E-state index contributed by atoms with van der Waals surface area (Å²) in [6, 6.07) is 11.4. The van der Waals surface area contributed by atoms with Crippen LogP contribution in [0.25, 0.3) is 10.2 Å². The lowest BCUT2D eigenvalue weighted by molar-refractivity contribution is -0.121. The van der Waals surface area contributed by atoms with Gasteiger partial charge in [0.2, 0.25) is 11.8 Å². The van der Waals surface area contributed by atoms with E-state index in [0.717, 1.165) is 34.5 Å². The summed E-state index contributed by atoms with van der Waals surface area (Å²) in [5.41, 5.74) is 0.884. The summed E-state index contributed by atoms with van der Waals surface area (Å²) in [4.78, 5) is 32.5. The number of aromatic nitrogens is 1. The highest BCUT2D eigenvalue weighted by molar-refractivity contribution is 7.22. The van der Waals surface area contributed by atoms with Gasteiger partial charge >= 0.3 is 0 Å². The van der Waals surface area contributed by atoms with E-state index in [9.17, 15) is 9.59 Å². The van der Waals surface area contributed by atoms with E-state index in [1.807, 2.05) is 41.8 Å². The minimum Gasteiger partial charge on any atom is -0.376 e. The summed E-state index contributed by atoms with van der Waals surface area (Å²) in [5, 5.41) is 5.55. The topological polar surface area (TPSA) is 71.5 Å². The maximum Gasteiger partial charge on any atom is 0.231 e. The highest BCUT2D eigenvalue weighted by Crippen LogP contribution is 2.31. The Bertz CT molecular complexity index is 947. The highest BCUT2D eigenvalue weighted by atomic mass is 32.1. The highest BCUT2D eigenvalue weighted by Gasteiger charge is 2.28. The van der Waals surface area contributed by atoms with Gasteiger partial charge < -0.3 is 10.1 Å². The first-order chi connectivity index (χ1) is 14.1. The molecule has 2 atom stereocenters. The minimum absolute atomic E-state index is 0.0203. The Balaban J connectivity index is 1.60. The molecule has 0 radical (unpaired) electrons. The normalized spacial score (nSPS) is 17.3. The minimum atomic E-state index is -0.346. The molecule has 1 fully saturated rings. The lowest BCUT2D eigenvalue weighted by Crippen LogP contribution is -2.40. The zero-order chi connectivity index (χ0) is 20.2. The third-order valence-electron chi connectivity index (χ3n) is 4.87. The van der Waals surface area contributed by atoms with Gasteiger partial charge in [-0.3, -0.25) is 14.5 Å². The fraction of sp³-hybridized carbons (Fsp3) is 0.381. The largest absolute Gasteiger partial charge is 0.376 e. The first-order valence-corrected chi connectivity index (χ1v) is 11.4. The molecule has 1 saturated heterocycles. The molecule has 3 heterocycles. The second-order valence-electron chi connectivity index (χ2n) is 7.08. The molecular formula is C21H23N3O3S2. The van der Waals surface area contributed by atoms with Crippen molar-refractivity contribution in [3.05, 3.63) is 46.7 Å². The van der Waals surface area contributed by atoms with Crippen LogP contribution in [-0.4, -0.2) is 36.1 Å². The molecule has 1 aromatic carbocycles. The van der Waals surface area contributed by atoms with E-state index in [0.29, 0.717) is 11.7 Å². The first kappa shape index (κ1) is 20.0. The lowest BCUT2D eigenvalue weighted by atomic mass is 10.1. The third kappa shape index (κ3) is 4.83. The maximum atomic E-state index is 13.4. The van der Waals surface area contributed by atoms with Crippen LogP contribution in [0.1, 0.15) is 37.1 Å². The van der Waals surface area contributed by atoms with E-state index >= 15 is 0 Å². The average Bonchev–Trinajstić information content (AvgIpc) is 3.46. The molecule has 0 bridgehead atoms. The number of carbonyl (C=O) groups excluding carboxylic acids is 2. The van der Waals surface area contributed by atoms with E-state index in [2.05, 4.69) is 5.32 Å². The van der Waals surface area contributed by atoms with Crippen molar-refractivity contribution in [3.8, 4) is 0 Å². The van der Waals surface area contributed by atoms with Crippen molar-refractivity contribution in [1.82, 2.24) is 10.3 Å². The molecule has 1 aliphatic rings. The number of hydrogen-bond acceptors (Lipinski definition) is 6. The van der Waals surface area contributed by atoms with Gasteiger partial charge in [-0.1, -0.05) is 29.5 Å². The SMILES string of the molecule is CC(=O)N[C@H](CC(=O)N(C[C@@H]1CCCO1)c1nc2ccccc2s1)c1cccs1. The number of rotatable bonds is 7. The maximum absolute atomic E-state index is 13.4. The molecule has 2 amide bonds. The van der Waals surface area contributed by atoms with Gasteiger partial charge in [0.25, 0.3) is 0 Å². The summed E-state index contributed by atoms with van der Waals surface area (Å²) in [7, 11) is 0. The van der Waals surface area contributed by atoms with Crippen LogP contribution in [0.5, 0.6) is 0 Å². The summed E-state index contributed by atoms with van der Waals surface area (Å²) in [5.74, 6) is -0.214. The van der Waals surface area contributed by atoms with E-state index in [4.69, 9.17) is 9.72 Å². The van der Waals surface area contributed by atoms with Crippen LogP contribution in [0.3, 0.4) is 0 Å². The Kier molecular flexibility index (Phi) is 6.22. The number of ether oxygens (including phenoxy) is 1. The van der Waals surface area contributed by atoms with Crippen LogP contribution in [0, 0.1) is 0 Å². The van der Waals surface area contributed by atoms with Crippen LogP contribution in [0.2, 0.25) is 0 Å². The molecule has 4 rings (SSSR count). The molecule has 152 valence electrons. The number of fused-ring (bicyclic) bond motifs is 1. The molecule has 1 N–H and O–H groups in total. The Hall–Kier alpha value is -2.29. The lowest BCUT2D eigenvalue weighted by Gasteiger charge is -2.25. The average molecular weight is 430 g/mol. The monoisotopic (exact) mass is 429 g/mol. The van der Waals surface area contributed by atoms with Crippen molar-refractivity contribution in [2.24, 2.45) is 0 Å². The smallest absolute Gasteiger partial charge is 0.231 e. The van der Waals surface area contributed by atoms with Crippen molar-refractivity contribution >= 4 is 49.8 Å². The second-order valence-corrected chi connectivity index (χ2v) is 9.06. The van der Waals surface area contributed by atoms with Crippen LogP contribution in [0.4, 0.5) is 5.13 Å². The zero-order valence-corrected chi connectivity index (χ0v) is 17.8. The predicted octanol–water partition coefficient (Wildman–Crippen LogP) is 4.14. The molecule has 2 aromatic heterocycles. The number of carbonyl (C=O) groups is 2. The van der Waals surface area contributed by atoms with Gasteiger partial charge in [-0.2, -0.15) is 0 Å². The Labute approximate surface area is 177 Å². The number of amides is 2. The van der Waals surface area contributed by atoms with Gasteiger partial charge in [-0.15, -0.1) is 11.3 Å². The quantitative estimate of drug-likeness (QED) is 0.613. The first-order valence-electron chi connectivity index (χ1n) is 9.68. The van der Waals surface area contributed by atoms with Gasteiger partial charge in [0, 0.05) is 18.4 Å². The number of thiophene rings is 1. The van der Waals surface area contributed by atoms with Gasteiger partial charge in [-0.05, 0) is 36.4 Å². The molecule has 0 saturated carbocycles. The fourth-order valence-electron chi connectivity index (χ4n) is 3.50. The van der Waals surface area contributed by atoms with E-state index in [1.165, 1.54) is 29.6 Å². The van der Waals surface area contributed by atoms with Gasteiger partial charge in [-0.25, -0.2) is 4.98 Å². The second kappa shape index (κ2) is 9.02. The van der Waals surface area contributed by atoms with E-state index in [1.54, 1.807) is 4.90 Å². The number of para-hydroxylation sites is 1. The number of nitrogens with zero attached hydrogens (tertiary/aromatic N) is 2. The van der Waals surface area contributed by atoms with Crippen molar-refractivity contribution in [1.29, 1.82) is 0 Å². The number of hydrogen-bond donors (Lipinski definition) is 1. The summed E-state index contributed by atoms with van der Waals surface area (Å²) in [6.07, 6.45) is 2.15. The molecule has 8 heteroatoms. The zero-order valence-electron chi connectivity index (χ0n) is 16.2. The van der Waals surface area contributed by atoms with Crippen molar-refractivity contribution < 1.29 is 14.3 Å². The molecule has 0 spiro atoms. The molecular weight excluding hydrogens is 406 g/mol. The molecule has 3 aromatic rings. The third-order valence-corrected chi connectivity index (χ3v) is 6.91. The Morgan fingerprint density at radius 1 is 1.31 bits per heavy atom. The van der Waals surface area contributed by atoms with Gasteiger partial charge in [0.05, 0.1) is 35.3 Å². The molecule has 0 unspecified atom stereocenters. The number of anilines is 1. The Morgan fingerprint density at radius 3 is 2.86 bits per heavy atom. The number of benzene rings is 1. The molecule has 1 aliphatic heterocycles. The van der Waals surface area contributed by atoms with Crippen LogP contribution < -0.4 is 10.2 Å². The Morgan fingerprint density at radius 2 is 2.17 bits per heavy atom. The van der Waals surface area contributed by atoms with Gasteiger partial charge in [0.15, 0.2) is 5.13 Å². The summed E-state index contributed by atoms with van der Waals surface area (Å²) >= 11 is 3.05. The molecule has 6 nitrogen and oxygen atoms in total. The van der Waals surface area contributed by atoms with Crippen LogP contribution >= 0.6 is 22.7 Å². The van der Waals surface area contributed by atoms with Crippen molar-refractivity contribution in [2.75, 3.05) is 18.1 Å². The summed E-state index contributed by atoms with van der Waals surface area (Å²) in [6.45, 7) is 2.69.